The molecule has 0 fully saturated rings. The number of rotatable bonds is 0. The van der Waals surface area contributed by atoms with Crippen LogP contribution in [-0.4, -0.2) is 10.8 Å². The SMILES string of the molecule is Cc1ccc2c(c1)CCc1cc(C)cnc1C2=O. The predicted octanol–water partition coefficient (Wildman–Crippen LogP) is 3.03. The van der Waals surface area contributed by atoms with Crippen molar-refractivity contribution in [1.29, 1.82) is 0 Å². The van der Waals surface area contributed by atoms with Gasteiger partial charge in [0.15, 0.2) is 0 Å². The Bertz CT molecular complexity index is 588. The summed E-state index contributed by atoms with van der Waals surface area (Å²) in [7, 11) is 0. The van der Waals surface area contributed by atoms with Crippen LogP contribution in [0.5, 0.6) is 0 Å². The first-order valence-corrected chi connectivity index (χ1v) is 6.25. The van der Waals surface area contributed by atoms with E-state index in [4.69, 9.17) is 0 Å². The highest BCUT2D eigenvalue weighted by Crippen LogP contribution is 2.24. The molecule has 0 aliphatic heterocycles. The molecule has 2 heteroatoms. The molecular formula is C16H15NO. The lowest BCUT2D eigenvalue weighted by atomic mass is 9.99. The Hall–Kier alpha value is -1.96. The molecule has 0 N–H and O–H groups in total. The lowest BCUT2D eigenvalue weighted by Gasteiger charge is -2.05. The van der Waals surface area contributed by atoms with E-state index in [1.165, 1.54) is 5.56 Å². The Morgan fingerprint density at radius 2 is 1.72 bits per heavy atom. The molecule has 0 radical (unpaired) electrons. The summed E-state index contributed by atoms with van der Waals surface area (Å²) in [5, 5.41) is 0. The Kier molecular flexibility index (Phi) is 2.51. The number of aromatic nitrogens is 1. The molecule has 1 aromatic heterocycles. The molecule has 0 spiro atoms. The third-order valence-electron chi connectivity index (χ3n) is 3.49. The number of hydrogen-bond donors (Lipinski definition) is 0. The number of ketones is 1. The number of nitrogens with zero attached hydrogens (tertiary/aromatic N) is 1. The van der Waals surface area contributed by atoms with Crippen LogP contribution in [0.3, 0.4) is 0 Å². The van der Waals surface area contributed by atoms with Crippen LogP contribution in [0, 0.1) is 13.8 Å². The summed E-state index contributed by atoms with van der Waals surface area (Å²) < 4.78 is 0. The van der Waals surface area contributed by atoms with Crippen molar-refractivity contribution in [2.75, 3.05) is 0 Å². The average molecular weight is 237 g/mol. The highest BCUT2D eigenvalue weighted by Gasteiger charge is 2.22. The number of aryl methyl sites for hydroxylation is 4. The number of benzene rings is 1. The number of hydrogen-bond acceptors (Lipinski definition) is 2. The van der Waals surface area contributed by atoms with Crippen LogP contribution in [0.1, 0.15) is 38.3 Å². The van der Waals surface area contributed by atoms with Gasteiger partial charge >= 0.3 is 0 Å². The summed E-state index contributed by atoms with van der Waals surface area (Å²) in [4.78, 5) is 16.8. The second-order valence-corrected chi connectivity index (χ2v) is 5.01. The number of carbonyl (C=O) groups is 1. The lowest BCUT2D eigenvalue weighted by Crippen LogP contribution is -2.07. The predicted molar refractivity (Wildman–Crippen MR) is 71.0 cm³/mol. The fourth-order valence-corrected chi connectivity index (χ4v) is 2.57. The summed E-state index contributed by atoms with van der Waals surface area (Å²) in [5.74, 6) is 0.0671. The van der Waals surface area contributed by atoms with Crippen LogP contribution in [0.4, 0.5) is 0 Å². The van der Waals surface area contributed by atoms with Crippen molar-refractivity contribution in [3.8, 4) is 0 Å². The van der Waals surface area contributed by atoms with E-state index in [1.807, 2.05) is 19.1 Å². The van der Waals surface area contributed by atoms with Crippen molar-refractivity contribution in [1.82, 2.24) is 4.98 Å². The van der Waals surface area contributed by atoms with Gasteiger partial charge in [0.25, 0.3) is 0 Å². The highest BCUT2D eigenvalue weighted by atomic mass is 16.1. The Morgan fingerprint density at radius 1 is 1.00 bits per heavy atom. The van der Waals surface area contributed by atoms with Crippen LogP contribution < -0.4 is 0 Å². The largest absolute Gasteiger partial charge is 0.287 e. The van der Waals surface area contributed by atoms with Crippen LogP contribution in [-0.2, 0) is 12.8 Å². The van der Waals surface area contributed by atoms with Gasteiger partial charge in [0.1, 0.15) is 5.69 Å². The molecule has 0 amide bonds. The van der Waals surface area contributed by atoms with Crippen molar-refractivity contribution in [2.45, 2.75) is 26.7 Å². The van der Waals surface area contributed by atoms with Crippen molar-refractivity contribution >= 4 is 5.78 Å². The van der Waals surface area contributed by atoms with E-state index in [0.29, 0.717) is 5.69 Å². The molecule has 0 bridgehead atoms. The van der Waals surface area contributed by atoms with Gasteiger partial charge in [-0.1, -0.05) is 29.8 Å². The zero-order chi connectivity index (χ0) is 12.7. The number of fused-ring (bicyclic) bond motifs is 2. The Labute approximate surface area is 107 Å². The summed E-state index contributed by atoms with van der Waals surface area (Å²) in [6.07, 6.45) is 3.59. The van der Waals surface area contributed by atoms with E-state index in [1.54, 1.807) is 6.20 Å². The minimum absolute atomic E-state index is 0.0671. The molecule has 1 heterocycles. The van der Waals surface area contributed by atoms with Crippen molar-refractivity contribution < 1.29 is 4.79 Å². The fraction of sp³-hybridized carbons (Fsp3) is 0.250. The number of pyridine rings is 1. The molecule has 2 nitrogen and oxygen atoms in total. The first kappa shape index (κ1) is 11.1. The normalized spacial score (nSPS) is 13.8. The van der Waals surface area contributed by atoms with Gasteiger partial charge in [-0.05, 0) is 43.4 Å². The third-order valence-corrected chi connectivity index (χ3v) is 3.49. The second-order valence-electron chi connectivity index (χ2n) is 5.01. The quantitative estimate of drug-likeness (QED) is 0.705. The summed E-state index contributed by atoms with van der Waals surface area (Å²) in [6, 6.07) is 8.13. The maximum Gasteiger partial charge on any atom is 0.211 e. The molecule has 3 rings (SSSR count). The molecule has 18 heavy (non-hydrogen) atoms. The summed E-state index contributed by atoms with van der Waals surface area (Å²) in [6.45, 7) is 4.07. The zero-order valence-electron chi connectivity index (χ0n) is 10.7. The van der Waals surface area contributed by atoms with Gasteiger partial charge in [0.05, 0.1) is 0 Å². The topological polar surface area (TPSA) is 30.0 Å². The molecule has 2 aromatic rings. The smallest absolute Gasteiger partial charge is 0.211 e. The average Bonchev–Trinajstić information content (AvgIpc) is 2.47. The van der Waals surface area contributed by atoms with Gasteiger partial charge in [0.2, 0.25) is 5.78 Å². The van der Waals surface area contributed by atoms with Crippen molar-refractivity contribution in [3.63, 3.8) is 0 Å². The molecule has 0 unspecified atom stereocenters. The van der Waals surface area contributed by atoms with E-state index in [9.17, 15) is 4.79 Å². The summed E-state index contributed by atoms with van der Waals surface area (Å²) >= 11 is 0. The standard InChI is InChI=1S/C16H15NO/c1-10-3-6-14-12(7-10)4-5-13-8-11(2)9-17-15(13)16(14)18/h3,6-9H,4-5H2,1-2H3. The van der Waals surface area contributed by atoms with Gasteiger partial charge < -0.3 is 0 Å². The molecule has 1 aliphatic rings. The monoisotopic (exact) mass is 237 g/mol. The lowest BCUT2D eigenvalue weighted by molar-refractivity contribution is 0.103. The molecule has 0 saturated heterocycles. The minimum Gasteiger partial charge on any atom is -0.287 e. The van der Waals surface area contributed by atoms with Crippen LogP contribution >= 0.6 is 0 Å². The highest BCUT2D eigenvalue weighted by molar-refractivity contribution is 6.10. The van der Waals surface area contributed by atoms with Crippen LogP contribution in [0.2, 0.25) is 0 Å². The first-order valence-electron chi connectivity index (χ1n) is 6.25. The van der Waals surface area contributed by atoms with Gasteiger partial charge in [-0.2, -0.15) is 0 Å². The maximum atomic E-state index is 12.5. The van der Waals surface area contributed by atoms with E-state index < -0.39 is 0 Å². The van der Waals surface area contributed by atoms with E-state index in [2.05, 4.69) is 24.0 Å². The molecular weight excluding hydrogens is 222 g/mol. The van der Waals surface area contributed by atoms with Crippen LogP contribution in [0.15, 0.2) is 30.5 Å². The molecule has 0 saturated carbocycles. The Balaban J connectivity index is 2.18. The Morgan fingerprint density at radius 3 is 2.56 bits per heavy atom. The van der Waals surface area contributed by atoms with Crippen molar-refractivity contribution in [2.24, 2.45) is 0 Å². The fourth-order valence-electron chi connectivity index (χ4n) is 2.57. The second kappa shape index (κ2) is 4.05. The molecule has 1 aromatic carbocycles. The van der Waals surface area contributed by atoms with E-state index in [0.717, 1.165) is 35.1 Å². The van der Waals surface area contributed by atoms with Gasteiger partial charge in [-0.15, -0.1) is 0 Å². The van der Waals surface area contributed by atoms with E-state index in [-0.39, 0.29) is 5.78 Å². The van der Waals surface area contributed by atoms with Gasteiger partial charge in [-0.3, -0.25) is 9.78 Å². The van der Waals surface area contributed by atoms with Crippen molar-refractivity contribution in [3.05, 3.63) is 64.0 Å². The molecule has 1 aliphatic carbocycles. The molecule has 90 valence electrons. The minimum atomic E-state index is 0.0671. The summed E-state index contributed by atoms with van der Waals surface area (Å²) in [5.41, 5.74) is 5.99. The van der Waals surface area contributed by atoms with Gasteiger partial charge in [-0.25, -0.2) is 0 Å². The number of carbonyl (C=O) groups excluding carboxylic acids is 1. The molecule has 0 atom stereocenters. The third kappa shape index (κ3) is 1.74. The van der Waals surface area contributed by atoms with Crippen LogP contribution in [0.25, 0.3) is 0 Å². The first-order chi connectivity index (χ1) is 8.65. The zero-order valence-corrected chi connectivity index (χ0v) is 10.7. The maximum absolute atomic E-state index is 12.5. The van der Waals surface area contributed by atoms with Gasteiger partial charge in [0, 0.05) is 11.8 Å². The van der Waals surface area contributed by atoms with E-state index >= 15 is 0 Å².